The van der Waals surface area contributed by atoms with E-state index in [0.29, 0.717) is 0 Å². The molecule has 8 heavy (non-hydrogen) atoms. The zero-order valence-electron chi connectivity index (χ0n) is 5.27. The maximum absolute atomic E-state index is 2.59. The monoisotopic (exact) mass is 109 g/mol. The Morgan fingerprint density at radius 3 is 2.00 bits per heavy atom. The van der Waals surface area contributed by atoms with Gasteiger partial charge in [-0.25, -0.2) is 0 Å². The Kier molecular flexibility index (Phi) is 1.06. The van der Waals surface area contributed by atoms with Crippen molar-refractivity contribution in [2.75, 3.05) is 0 Å². The molecule has 2 aliphatic rings. The lowest BCUT2D eigenvalue weighted by atomic mass is 9.89. The van der Waals surface area contributed by atoms with E-state index in [1.54, 1.807) is 0 Å². The Balaban J connectivity index is 2.03. The second-order valence-corrected chi connectivity index (χ2v) is 3.22. The average Bonchev–Trinajstić information content (AvgIpc) is 2.12. The minimum absolute atomic E-state index is 1.04. The summed E-state index contributed by atoms with van der Waals surface area (Å²) in [6, 6.07) is 0. The van der Waals surface area contributed by atoms with Gasteiger partial charge in [0.2, 0.25) is 0 Å². The molecule has 0 heteroatoms. The maximum Gasteiger partial charge on any atom is -0.0324 e. The summed E-state index contributed by atoms with van der Waals surface area (Å²) < 4.78 is 0. The van der Waals surface area contributed by atoms with E-state index < -0.39 is 0 Å². The molecule has 2 rings (SSSR count). The van der Waals surface area contributed by atoms with E-state index in [2.05, 4.69) is 6.42 Å². The van der Waals surface area contributed by atoms with Crippen LogP contribution in [-0.2, 0) is 0 Å². The van der Waals surface area contributed by atoms with Crippen LogP contribution in [0.15, 0.2) is 0 Å². The SMILES string of the molecule is [CH]1C2CCCC1CC2. The van der Waals surface area contributed by atoms with Crippen LogP contribution in [0, 0.1) is 18.3 Å². The molecule has 0 saturated heterocycles. The lowest BCUT2D eigenvalue weighted by molar-refractivity contribution is 0.456. The second-order valence-electron chi connectivity index (χ2n) is 3.22. The lowest BCUT2D eigenvalue weighted by Crippen LogP contribution is -2.04. The average molecular weight is 109 g/mol. The van der Waals surface area contributed by atoms with Crippen molar-refractivity contribution in [1.82, 2.24) is 0 Å². The highest BCUT2D eigenvalue weighted by atomic mass is 14.3. The van der Waals surface area contributed by atoms with Crippen molar-refractivity contribution in [2.24, 2.45) is 11.8 Å². The van der Waals surface area contributed by atoms with Gasteiger partial charge in [0.05, 0.1) is 0 Å². The van der Waals surface area contributed by atoms with E-state index in [-0.39, 0.29) is 0 Å². The van der Waals surface area contributed by atoms with E-state index in [4.69, 9.17) is 0 Å². The minimum atomic E-state index is 1.04. The summed E-state index contributed by atoms with van der Waals surface area (Å²) in [6.45, 7) is 0. The summed E-state index contributed by atoms with van der Waals surface area (Å²) in [7, 11) is 0. The van der Waals surface area contributed by atoms with Crippen LogP contribution < -0.4 is 0 Å². The zero-order chi connectivity index (χ0) is 5.40. The van der Waals surface area contributed by atoms with Gasteiger partial charge in [0.15, 0.2) is 0 Å². The molecular weight excluding hydrogens is 96.1 g/mol. The summed E-state index contributed by atoms with van der Waals surface area (Å²) >= 11 is 0. The molecule has 2 bridgehead atoms. The first kappa shape index (κ1) is 4.84. The predicted molar refractivity (Wildman–Crippen MR) is 34.4 cm³/mol. The lowest BCUT2D eigenvalue weighted by Gasteiger charge is -2.16. The van der Waals surface area contributed by atoms with E-state index >= 15 is 0 Å². The van der Waals surface area contributed by atoms with Gasteiger partial charge in [0.25, 0.3) is 0 Å². The maximum atomic E-state index is 2.59. The molecule has 1 radical (unpaired) electrons. The molecule has 0 aliphatic heterocycles. The fraction of sp³-hybridized carbons (Fsp3) is 0.875. The highest BCUT2D eigenvalue weighted by molar-refractivity contribution is 4.94. The summed E-state index contributed by atoms with van der Waals surface area (Å²) in [5.41, 5.74) is 0. The van der Waals surface area contributed by atoms with Crippen molar-refractivity contribution in [1.29, 1.82) is 0 Å². The third-order valence-corrected chi connectivity index (χ3v) is 2.60. The molecule has 2 fully saturated rings. The van der Waals surface area contributed by atoms with E-state index in [1.807, 2.05) is 0 Å². The van der Waals surface area contributed by atoms with Crippen LogP contribution in [0.3, 0.4) is 0 Å². The standard InChI is InChI=1S/C8H13/c1-2-7-4-5-8(3-1)6-7/h6-8H,1-5H2. The van der Waals surface area contributed by atoms with Crippen molar-refractivity contribution in [3.8, 4) is 0 Å². The normalized spacial score (nSPS) is 45.0. The fourth-order valence-electron chi connectivity index (χ4n) is 2.13. The van der Waals surface area contributed by atoms with Gasteiger partial charge >= 0.3 is 0 Å². The van der Waals surface area contributed by atoms with E-state index in [9.17, 15) is 0 Å². The molecule has 2 unspecified atom stereocenters. The number of hydrogen-bond acceptors (Lipinski definition) is 0. The topological polar surface area (TPSA) is 0 Å². The van der Waals surface area contributed by atoms with Gasteiger partial charge in [0.1, 0.15) is 0 Å². The van der Waals surface area contributed by atoms with Gasteiger partial charge in [0, 0.05) is 0 Å². The van der Waals surface area contributed by atoms with Crippen LogP contribution in [0.4, 0.5) is 0 Å². The number of hydrogen-bond donors (Lipinski definition) is 0. The van der Waals surface area contributed by atoms with E-state index in [1.165, 1.54) is 32.1 Å². The smallest absolute Gasteiger partial charge is 0.0324 e. The Morgan fingerprint density at radius 2 is 1.50 bits per heavy atom. The largest absolute Gasteiger partial charge is 0.0528 e. The first-order chi connectivity index (χ1) is 3.95. The highest BCUT2D eigenvalue weighted by Crippen LogP contribution is 2.40. The van der Waals surface area contributed by atoms with Crippen molar-refractivity contribution in [3.63, 3.8) is 0 Å². The molecule has 0 N–H and O–H groups in total. The van der Waals surface area contributed by atoms with Crippen LogP contribution in [-0.4, -0.2) is 0 Å². The van der Waals surface area contributed by atoms with Gasteiger partial charge in [-0.2, -0.15) is 0 Å². The van der Waals surface area contributed by atoms with Crippen LogP contribution in [0.1, 0.15) is 32.1 Å². The molecule has 0 nitrogen and oxygen atoms in total. The quantitative estimate of drug-likeness (QED) is 0.448. The third kappa shape index (κ3) is 0.667. The molecular formula is C8H13. The highest BCUT2D eigenvalue weighted by Gasteiger charge is 2.28. The van der Waals surface area contributed by atoms with Crippen LogP contribution >= 0.6 is 0 Å². The summed E-state index contributed by atoms with van der Waals surface area (Å²) in [6.07, 6.45) is 10.1. The fourth-order valence-corrected chi connectivity index (χ4v) is 2.13. The van der Waals surface area contributed by atoms with Gasteiger partial charge < -0.3 is 0 Å². The summed E-state index contributed by atoms with van der Waals surface area (Å²) in [4.78, 5) is 0. The Morgan fingerprint density at radius 1 is 0.875 bits per heavy atom. The molecule has 0 spiro atoms. The molecule has 2 aliphatic carbocycles. The van der Waals surface area contributed by atoms with Gasteiger partial charge in [-0.3, -0.25) is 0 Å². The second kappa shape index (κ2) is 1.75. The van der Waals surface area contributed by atoms with Crippen molar-refractivity contribution in [2.45, 2.75) is 32.1 Å². The van der Waals surface area contributed by atoms with Gasteiger partial charge in [-0.05, 0) is 31.1 Å². The number of fused-ring (bicyclic) bond motifs is 2. The predicted octanol–water partition coefficient (Wildman–Crippen LogP) is 2.40. The minimum Gasteiger partial charge on any atom is -0.0528 e. The third-order valence-electron chi connectivity index (χ3n) is 2.60. The first-order valence-electron chi connectivity index (χ1n) is 3.80. The first-order valence-corrected chi connectivity index (χ1v) is 3.80. The molecule has 2 atom stereocenters. The van der Waals surface area contributed by atoms with Crippen LogP contribution in [0.5, 0.6) is 0 Å². The van der Waals surface area contributed by atoms with Crippen molar-refractivity contribution < 1.29 is 0 Å². The van der Waals surface area contributed by atoms with Crippen molar-refractivity contribution in [3.05, 3.63) is 6.42 Å². The molecule has 2 saturated carbocycles. The van der Waals surface area contributed by atoms with Gasteiger partial charge in [-0.15, -0.1) is 0 Å². The van der Waals surface area contributed by atoms with Crippen LogP contribution in [0.25, 0.3) is 0 Å². The molecule has 0 aromatic carbocycles. The molecule has 0 heterocycles. The zero-order valence-corrected chi connectivity index (χ0v) is 5.27. The van der Waals surface area contributed by atoms with Crippen LogP contribution in [0.2, 0.25) is 0 Å². The van der Waals surface area contributed by atoms with Gasteiger partial charge in [-0.1, -0.05) is 19.3 Å². The van der Waals surface area contributed by atoms with E-state index in [0.717, 1.165) is 11.8 Å². The number of rotatable bonds is 0. The van der Waals surface area contributed by atoms with Crippen molar-refractivity contribution >= 4 is 0 Å². The molecule has 0 aromatic rings. The molecule has 0 aromatic heterocycles. The summed E-state index contributed by atoms with van der Waals surface area (Å²) in [5.74, 6) is 2.07. The summed E-state index contributed by atoms with van der Waals surface area (Å²) in [5, 5.41) is 0. The Labute approximate surface area is 51.3 Å². The molecule has 0 amide bonds. The molecule has 45 valence electrons. The Bertz CT molecular complexity index is 72.0. The Hall–Kier alpha value is 0.